The number of hydrogen-bond donors (Lipinski definition) is 2. The largest absolute Gasteiger partial charge is 0.352 e. The third-order valence-corrected chi connectivity index (χ3v) is 3.04. The summed E-state index contributed by atoms with van der Waals surface area (Å²) < 4.78 is 13.1. The van der Waals surface area contributed by atoms with Gasteiger partial charge in [-0.05, 0) is 29.3 Å². The molecule has 0 aliphatic carbocycles. The molecule has 2 N–H and O–H groups in total. The number of halogens is 2. The predicted molar refractivity (Wildman–Crippen MR) is 82.7 cm³/mol. The van der Waals surface area contributed by atoms with Gasteiger partial charge in [-0.1, -0.05) is 29.8 Å². The van der Waals surface area contributed by atoms with Gasteiger partial charge in [-0.25, -0.2) is 9.37 Å². The Labute approximate surface area is 128 Å². The van der Waals surface area contributed by atoms with Crippen molar-refractivity contribution in [3.05, 3.63) is 64.7 Å². The van der Waals surface area contributed by atoms with E-state index in [0.717, 1.165) is 11.1 Å². The summed E-state index contributed by atoms with van der Waals surface area (Å²) in [6.07, 6.45) is 1.70. The van der Waals surface area contributed by atoms with E-state index in [-0.39, 0.29) is 5.82 Å². The van der Waals surface area contributed by atoms with Crippen molar-refractivity contribution in [2.75, 3.05) is 7.05 Å². The van der Waals surface area contributed by atoms with Gasteiger partial charge in [0.05, 0.1) is 0 Å². The summed E-state index contributed by atoms with van der Waals surface area (Å²) in [6.45, 7) is 1.07. The van der Waals surface area contributed by atoms with Crippen LogP contribution in [0.2, 0.25) is 5.15 Å². The number of guanidine groups is 1. The first-order chi connectivity index (χ1) is 10.2. The number of rotatable bonds is 4. The summed E-state index contributed by atoms with van der Waals surface area (Å²) in [5, 5.41) is 6.74. The predicted octanol–water partition coefficient (Wildman–Crippen LogP) is 2.74. The van der Waals surface area contributed by atoms with Crippen LogP contribution < -0.4 is 10.6 Å². The van der Waals surface area contributed by atoms with Gasteiger partial charge in [0.25, 0.3) is 0 Å². The first kappa shape index (κ1) is 15.3. The third-order valence-electron chi connectivity index (χ3n) is 2.82. The van der Waals surface area contributed by atoms with Crippen molar-refractivity contribution in [1.29, 1.82) is 0 Å². The molecule has 1 aromatic carbocycles. The summed E-state index contributed by atoms with van der Waals surface area (Å²) in [4.78, 5) is 8.12. The second-order valence-electron chi connectivity index (χ2n) is 4.40. The minimum Gasteiger partial charge on any atom is -0.352 e. The highest BCUT2D eigenvalue weighted by molar-refractivity contribution is 6.29. The Hall–Kier alpha value is -2.14. The highest BCUT2D eigenvalue weighted by Crippen LogP contribution is 2.05. The molecule has 0 radical (unpaired) electrons. The van der Waals surface area contributed by atoms with Crippen molar-refractivity contribution in [1.82, 2.24) is 15.6 Å². The quantitative estimate of drug-likeness (QED) is 0.519. The molecule has 0 saturated carbocycles. The molecule has 0 amide bonds. The zero-order valence-electron chi connectivity index (χ0n) is 11.6. The van der Waals surface area contributed by atoms with Gasteiger partial charge >= 0.3 is 0 Å². The first-order valence-electron chi connectivity index (χ1n) is 6.47. The van der Waals surface area contributed by atoms with Crippen molar-refractivity contribution in [2.45, 2.75) is 13.1 Å². The molecule has 0 spiro atoms. The fourth-order valence-corrected chi connectivity index (χ4v) is 1.86. The molecule has 0 bridgehead atoms. The van der Waals surface area contributed by atoms with E-state index in [0.29, 0.717) is 24.2 Å². The first-order valence-corrected chi connectivity index (χ1v) is 6.84. The van der Waals surface area contributed by atoms with Crippen LogP contribution >= 0.6 is 11.6 Å². The summed E-state index contributed by atoms with van der Waals surface area (Å²) >= 11 is 5.73. The Bertz CT molecular complexity index is 613. The molecule has 2 aromatic rings. The normalized spacial score (nSPS) is 11.3. The average molecular weight is 307 g/mol. The van der Waals surface area contributed by atoms with Crippen molar-refractivity contribution in [2.24, 2.45) is 4.99 Å². The van der Waals surface area contributed by atoms with Gasteiger partial charge in [0, 0.05) is 26.3 Å². The van der Waals surface area contributed by atoms with Crippen LogP contribution in [-0.2, 0) is 13.1 Å². The molecule has 21 heavy (non-hydrogen) atoms. The van der Waals surface area contributed by atoms with Gasteiger partial charge in [-0.3, -0.25) is 4.99 Å². The Morgan fingerprint density at radius 3 is 2.57 bits per heavy atom. The van der Waals surface area contributed by atoms with Crippen molar-refractivity contribution in [3.8, 4) is 0 Å². The molecule has 0 unspecified atom stereocenters. The topological polar surface area (TPSA) is 49.3 Å². The molecule has 2 rings (SSSR count). The second-order valence-corrected chi connectivity index (χ2v) is 4.79. The van der Waals surface area contributed by atoms with Crippen LogP contribution in [0.4, 0.5) is 4.39 Å². The van der Waals surface area contributed by atoms with Gasteiger partial charge in [-0.2, -0.15) is 0 Å². The lowest BCUT2D eigenvalue weighted by Crippen LogP contribution is -2.36. The van der Waals surface area contributed by atoms with E-state index in [1.807, 2.05) is 12.1 Å². The van der Waals surface area contributed by atoms with E-state index in [1.54, 1.807) is 25.4 Å². The molecule has 0 atom stereocenters. The summed E-state index contributed by atoms with van der Waals surface area (Å²) in [5.74, 6) is 0.388. The van der Waals surface area contributed by atoms with Crippen LogP contribution in [0.3, 0.4) is 0 Å². The van der Waals surface area contributed by atoms with Crippen LogP contribution in [0.25, 0.3) is 0 Å². The third kappa shape index (κ3) is 5.04. The number of aliphatic imine (C=N–C) groups is 1. The van der Waals surface area contributed by atoms with Crippen LogP contribution in [-0.4, -0.2) is 18.0 Å². The number of hydrogen-bond acceptors (Lipinski definition) is 2. The van der Waals surface area contributed by atoms with E-state index in [1.165, 1.54) is 12.1 Å². The van der Waals surface area contributed by atoms with E-state index in [9.17, 15) is 4.39 Å². The number of aromatic nitrogens is 1. The lowest BCUT2D eigenvalue weighted by Gasteiger charge is -2.12. The monoisotopic (exact) mass is 306 g/mol. The molecular formula is C15H16ClFN4. The minimum atomic E-state index is -0.246. The van der Waals surface area contributed by atoms with Gasteiger partial charge < -0.3 is 10.6 Å². The number of nitrogens with one attached hydrogen (secondary N) is 2. The van der Waals surface area contributed by atoms with Crippen LogP contribution in [0.15, 0.2) is 47.6 Å². The lowest BCUT2D eigenvalue weighted by atomic mass is 10.2. The zero-order valence-corrected chi connectivity index (χ0v) is 12.4. The smallest absolute Gasteiger partial charge is 0.191 e. The zero-order chi connectivity index (χ0) is 15.1. The van der Waals surface area contributed by atoms with Gasteiger partial charge in [0.15, 0.2) is 5.96 Å². The van der Waals surface area contributed by atoms with Crippen LogP contribution in [0.5, 0.6) is 0 Å². The van der Waals surface area contributed by atoms with Crippen molar-refractivity contribution in [3.63, 3.8) is 0 Å². The molecule has 6 heteroatoms. The molecular weight excluding hydrogens is 291 g/mol. The summed E-state index contributed by atoms with van der Waals surface area (Å²) in [5.41, 5.74) is 1.85. The van der Waals surface area contributed by atoms with Crippen LogP contribution in [0, 0.1) is 5.82 Å². The second kappa shape index (κ2) is 7.59. The molecule has 0 saturated heterocycles. The summed E-state index contributed by atoms with van der Waals surface area (Å²) in [6, 6.07) is 10.1. The van der Waals surface area contributed by atoms with E-state index >= 15 is 0 Å². The summed E-state index contributed by atoms with van der Waals surface area (Å²) in [7, 11) is 1.68. The fourth-order valence-electron chi connectivity index (χ4n) is 1.75. The fraction of sp³-hybridized carbons (Fsp3) is 0.200. The molecule has 110 valence electrons. The standard InChI is InChI=1S/C15H16ClFN4/c1-18-15(20-8-11-3-2-4-13(17)7-11)21-10-12-5-6-14(16)19-9-12/h2-7,9H,8,10H2,1H3,(H2,18,20,21). The van der Waals surface area contributed by atoms with E-state index < -0.39 is 0 Å². The lowest BCUT2D eigenvalue weighted by molar-refractivity contribution is 0.624. The number of nitrogens with zero attached hydrogens (tertiary/aromatic N) is 2. The number of benzene rings is 1. The maximum Gasteiger partial charge on any atom is 0.191 e. The Morgan fingerprint density at radius 1 is 1.19 bits per heavy atom. The Balaban J connectivity index is 1.85. The van der Waals surface area contributed by atoms with Crippen molar-refractivity contribution < 1.29 is 4.39 Å². The van der Waals surface area contributed by atoms with Gasteiger partial charge in [-0.15, -0.1) is 0 Å². The molecule has 0 aliphatic heterocycles. The Kier molecular flexibility index (Phi) is 5.51. The highest BCUT2D eigenvalue weighted by atomic mass is 35.5. The molecule has 1 heterocycles. The van der Waals surface area contributed by atoms with Crippen molar-refractivity contribution >= 4 is 17.6 Å². The maximum absolute atomic E-state index is 13.1. The Morgan fingerprint density at radius 2 is 1.95 bits per heavy atom. The van der Waals surface area contributed by atoms with Gasteiger partial charge in [0.1, 0.15) is 11.0 Å². The molecule has 1 aromatic heterocycles. The SMILES string of the molecule is CN=C(NCc1ccc(Cl)nc1)NCc1cccc(F)c1. The number of pyridine rings is 1. The van der Waals surface area contributed by atoms with Gasteiger partial charge in [0.2, 0.25) is 0 Å². The molecule has 0 fully saturated rings. The van der Waals surface area contributed by atoms with E-state index in [4.69, 9.17) is 11.6 Å². The highest BCUT2D eigenvalue weighted by Gasteiger charge is 2.00. The van der Waals surface area contributed by atoms with Crippen LogP contribution in [0.1, 0.15) is 11.1 Å². The molecule has 4 nitrogen and oxygen atoms in total. The van der Waals surface area contributed by atoms with E-state index in [2.05, 4.69) is 20.6 Å². The maximum atomic E-state index is 13.1. The average Bonchev–Trinajstić information content (AvgIpc) is 2.49. The molecule has 0 aliphatic rings. The minimum absolute atomic E-state index is 0.246.